The Hall–Kier alpha value is -1.95. The van der Waals surface area contributed by atoms with Crippen LogP contribution in [0.4, 0.5) is 10.3 Å². The number of anilines is 1. The van der Waals surface area contributed by atoms with E-state index in [1.807, 2.05) is 25.7 Å². The van der Waals surface area contributed by atoms with E-state index in [1.54, 1.807) is 12.1 Å². The van der Waals surface area contributed by atoms with Crippen LogP contribution in [0.15, 0.2) is 28.8 Å². The molecule has 0 unspecified atom stereocenters. The average Bonchev–Trinajstić information content (AvgIpc) is 2.85. The summed E-state index contributed by atoms with van der Waals surface area (Å²) >= 11 is 0. The summed E-state index contributed by atoms with van der Waals surface area (Å²) in [7, 11) is 0. The molecule has 0 spiro atoms. The Kier molecular flexibility index (Phi) is 3.02. The van der Waals surface area contributed by atoms with E-state index in [0.717, 1.165) is 0 Å². The Morgan fingerprint density at radius 2 is 1.86 bits per heavy atom. The predicted octanol–water partition coefficient (Wildman–Crippen LogP) is 2.21. The lowest BCUT2D eigenvalue weighted by molar-refractivity contribution is 0.00628. The summed E-state index contributed by atoms with van der Waals surface area (Å²) in [5.41, 5.74) is -0.501. The Labute approximate surface area is 122 Å². The van der Waals surface area contributed by atoms with Gasteiger partial charge in [-0.15, -0.1) is 0 Å². The average molecular weight is 291 g/mol. The minimum Gasteiger partial charge on any atom is -0.381 e. The van der Waals surface area contributed by atoms with E-state index < -0.39 is 5.60 Å². The fourth-order valence-electron chi connectivity index (χ4n) is 2.32. The fourth-order valence-corrected chi connectivity index (χ4v) is 2.32. The van der Waals surface area contributed by atoms with Crippen LogP contribution in [-0.4, -0.2) is 28.3 Å². The van der Waals surface area contributed by atoms with Crippen molar-refractivity contribution in [1.29, 1.82) is 0 Å². The van der Waals surface area contributed by atoms with Crippen LogP contribution in [0.3, 0.4) is 0 Å². The molecule has 0 bridgehead atoms. The van der Waals surface area contributed by atoms with Gasteiger partial charge in [0, 0.05) is 5.41 Å². The minimum absolute atomic E-state index is 0.205. The minimum atomic E-state index is -0.990. The number of nitrogens with zero attached hydrogens (tertiary/aromatic N) is 3. The van der Waals surface area contributed by atoms with Crippen molar-refractivity contribution in [3.63, 3.8) is 0 Å². The highest BCUT2D eigenvalue weighted by Crippen LogP contribution is 2.35. The molecule has 1 aromatic heterocycles. The van der Waals surface area contributed by atoms with Gasteiger partial charge in [-0.25, -0.2) is 4.39 Å². The second kappa shape index (κ2) is 4.53. The number of benzene rings is 1. The van der Waals surface area contributed by atoms with Crippen LogP contribution >= 0.6 is 0 Å². The number of β-amino-alcohol motifs (C(OH)–C–C–N with tert-alkyl or cyclic N) is 1. The smallest absolute Gasteiger partial charge is 0.266 e. The number of aliphatic hydroxyl groups is 1. The highest BCUT2D eigenvalue weighted by molar-refractivity contribution is 5.41. The molecule has 0 amide bonds. The molecule has 2 aromatic rings. The van der Waals surface area contributed by atoms with Crippen LogP contribution in [0.1, 0.15) is 32.2 Å². The molecule has 1 N–H and O–H groups in total. The molecule has 2 heterocycles. The third-order valence-electron chi connectivity index (χ3n) is 3.63. The highest BCUT2D eigenvalue weighted by Gasteiger charge is 2.44. The molecule has 6 heteroatoms. The number of rotatable bonds is 2. The van der Waals surface area contributed by atoms with E-state index in [-0.39, 0.29) is 11.2 Å². The Morgan fingerprint density at radius 1 is 1.24 bits per heavy atom. The first-order valence-electron chi connectivity index (χ1n) is 6.85. The molecule has 1 aromatic carbocycles. The first-order valence-corrected chi connectivity index (χ1v) is 6.85. The third kappa shape index (κ3) is 2.51. The van der Waals surface area contributed by atoms with Crippen molar-refractivity contribution in [3.05, 3.63) is 41.5 Å². The monoisotopic (exact) mass is 291 g/mol. The van der Waals surface area contributed by atoms with Gasteiger partial charge in [-0.1, -0.05) is 32.9 Å². The third-order valence-corrected chi connectivity index (χ3v) is 3.63. The zero-order valence-corrected chi connectivity index (χ0v) is 12.3. The van der Waals surface area contributed by atoms with Gasteiger partial charge in [0.2, 0.25) is 5.89 Å². The molecule has 112 valence electrons. The van der Waals surface area contributed by atoms with Crippen molar-refractivity contribution < 1.29 is 14.0 Å². The van der Waals surface area contributed by atoms with E-state index in [1.165, 1.54) is 12.1 Å². The van der Waals surface area contributed by atoms with Crippen LogP contribution in [0.5, 0.6) is 0 Å². The fraction of sp³-hybridized carbons (Fsp3) is 0.467. The van der Waals surface area contributed by atoms with E-state index >= 15 is 0 Å². The first kappa shape index (κ1) is 14.0. The summed E-state index contributed by atoms with van der Waals surface area (Å²) in [5, 5.41) is 14.5. The molecule has 0 atom stereocenters. The molecular formula is C15H18FN3O2. The van der Waals surface area contributed by atoms with Gasteiger partial charge in [0.25, 0.3) is 5.95 Å². The van der Waals surface area contributed by atoms with Crippen molar-refractivity contribution in [2.24, 2.45) is 0 Å². The maximum Gasteiger partial charge on any atom is 0.266 e. The number of aromatic nitrogens is 2. The Balaban J connectivity index is 1.73. The van der Waals surface area contributed by atoms with Crippen LogP contribution in [0.2, 0.25) is 0 Å². The molecule has 1 fully saturated rings. The van der Waals surface area contributed by atoms with E-state index in [0.29, 0.717) is 30.5 Å². The predicted molar refractivity (Wildman–Crippen MR) is 75.5 cm³/mol. The van der Waals surface area contributed by atoms with Gasteiger partial charge in [-0.3, -0.25) is 0 Å². The summed E-state index contributed by atoms with van der Waals surface area (Å²) in [5.74, 6) is 0.730. The quantitative estimate of drug-likeness (QED) is 0.919. The second-order valence-corrected chi connectivity index (χ2v) is 6.54. The standard InChI is InChI=1S/C15H18FN3O2/c1-14(2,3)12-17-13(18-21-12)19-8-15(20,9-19)10-4-6-11(16)7-5-10/h4-7,20H,8-9H2,1-3H3. The lowest BCUT2D eigenvalue weighted by Crippen LogP contribution is -2.60. The summed E-state index contributed by atoms with van der Waals surface area (Å²) in [6.45, 7) is 6.71. The van der Waals surface area contributed by atoms with Gasteiger partial charge < -0.3 is 14.5 Å². The van der Waals surface area contributed by atoms with Crippen molar-refractivity contribution in [1.82, 2.24) is 10.1 Å². The zero-order valence-electron chi connectivity index (χ0n) is 12.3. The molecule has 1 saturated heterocycles. The van der Waals surface area contributed by atoms with Gasteiger partial charge >= 0.3 is 0 Å². The number of hydrogen-bond acceptors (Lipinski definition) is 5. The lowest BCUT2D eigenvalue weighted by Gasteiger charge is -2.46. The molecule has 1 aliphatic rings. The number of hydrogen-bond donors (Lipinski definition) is 1. The molecule has 0 saturated carbocycles. The Bertz CT molecular complexity index is 640. The van der Waals surface area contributed by atoms with Crippen molar-refractivity contribution in [2.75, 3.05) is 18.0 Å². The maximum atomic E-state index is 12.9. The number of halogens is 1. The van der Waals surface area contributed by atoms with Gasteiger partial charge in [0.1, 0.15) is 11.4 Å². The van der Waals surface area contributed by atoms with Crippen LogP contribution in [-0.2, 0) is 11.0 Å². The highest BCUT2D eigenvalue weighted by atomic mass is 19.1. The SMILES string of the molecule is CC(C)(C)c1nc(N2CC(O)(c3ccc(F)cc3)C2)no1. The van der Waals surface area contributed by atoms with Crippen LogP contribution < -0.4 is 4.90 Å². The van der Waals surface area contributed by atoms with Gasteiger partial charge in [-0.05, 0) is 22.9 Å². The molecular weight excluding hydrogens is 273 g/mol. The van der Waals surface area contributed by atoms with Crippen molar-refractivity contribution in [2.45, 2.75) is 31.8 Å². The largest absolute Gasteiger partial charge is 0.381 e. The van der Waals surface area contributed by atoms with Gasteiger partial charge in [-0.2, -0.15) is 4.98 Å². The first-order chi connectivity index (χ1) is 9.78. The molecule has 1 aliphatic heterocycles. The topological polar surface area (TPSA) is 62.4 Å². The summed E-state index contributed by atoms with van der Waals surface area (Å²) < 4.78 is 18.2. The summed E-state index contributed by atoms with van der Waals surface area (Å²) in [6.07, 6.45) is 0. The van der Waals surface area contributed by atoms with Gasteiger partial charge in [0.15, 0.2) is 0 Å². The molecule has 3 rings (SSSR count). The van der Waals surface area contributed by atoms with E-state index in [4.69, 9.17) is 4.52 Å². The Morgan fingerprint density at radius 3 is 2.38 bits per heavy atom. The molecule has 5 nitrogen and oxygen atoms in total. The van der Waals surface area contributed by atoms with Crippen LogP contribution in [0, 0.1) is 5.82 Å². The van der Waals surface area contributed by atoms with E-state index in [2.05, 4.69) is 10.1 Å². The summed E-state index contributed by atoms with van der Waals surface area (Å²) in [6, 6.07) is 5.90. The van der Waals surface area contributed by atoms with E-state index in [9.17, 15) is 9.50 Å². The second-order valence-electron chi connectivity index (χ2n) is 6.54. The normalized spacial score (nSPS) is 17.7. The molecule has 21 heavy (non-hydrogen) atoms. The van der Waals surface area contributed by atoms with Crippen molar-refractivity contribution in [3.8, 4) is 0 Å². The molecule has 0 aliphatic carbocycles. The lowest BCUT2D eigenvalue weighted by atomic mass is 9.86. The summed E-state index contributed by atoms with van der Waals surface area (Å²) in [4.78, 5) is 6.19. The van der Waals surface area contributed by atoms with Crippen LogP contribution in [0.25, 0.3) is 0 Å². The van der Waals surface area contributed by atoms with Crippen molar-refractivity contribution >= 4 is 5.95 Å². The zero-order chi connectivity index (χ0) is 15.3. The molecule has 0 radical (unpaired) electrons. The van der Waals surface area contributed by atoms with Gasteiger partial charge in [0.05, 0.1) is 13.1 Å². The maximum absolute atomic E-state index is 12.9.